The van der Waals surface area contributed by atoms with Gasteiger partial charge in [0.15, 0.2) is 0 Å². The van der Waals surface area contributed by atoms with Crippen molar-refractivity contribution in [3.8, 4) is 0 Å². The number of ether oxygens (including phenoxy) is 1. The zero-order valence-corrected chi connectivity index (χ0v) is 7.46. The van der Waals surface area contributed by atoms with Crippen LogP contribution < -0.4 is 0 Å². The number of hydrogen-bond acceptors (Lipinski definition) is 4. The fourth-order valence-electron chi connectivity index (χ4n) is 0.847. The maximum absolute atomic E-state index is 13.0. The molecule has 0 amide bonds. The first-order valence-corrected chi connectivity index (χ1v) is 3.96. The lowest BCUT2D eigenvalue weighted by molar-refractivity contribution is -0.171. The highest BCUT2D eigenvalue weighted by Gasteiger charge is 2.41. The molecule has 0 bridgehead atoms. The van der Waals surface area contributed by atoms with Crippen LogP contribution in [0.4, 0.5) is 8.78 Å². The molecule has 1 N–H and O–H groups in total. The van der Waals surface area contributed by atoms with Crippen LogP contribution in [0.25, 0.3) is 0 Å². The molecule has 14 heavy (non-hydrogen) atoms. The van der Waals surface area contributed by atoms with Crippen LogP contribution in [0, 0.1) is 0 Å². The number of esters is 1. The molecular weight excluding hydrogens is 196 g/mol. The number of alkyl halides is 2. The van der Waals surface area contributed by atoms with Gasteiger partial charge in [0.05, 0.1) is 24.9 Å². The highest BCUT2D eigenvalue weighted by Crippen LogP contribution is 2.20. The second-order valence-corrected chi connectivity index (χ2v) is 2.56. The number of hydrogen-bond donors (Lipinski definition) is 1. The molecule has 0 saturated carbocycles. The lowest BCUT2D eigenvalue weighted by Crippen LogP contribution is -2.33. The van der Waals surface area contributed by atoms with Crippen molar-refractivity contribution in [3.05, 3.63) is 11.9 Å². The van der Waals surface area contributed by atoms with Gasteiger partial charge in [0, 0.05) is 0 Å². The summed E-state index contributed by atoms with van der Waals surface area (Å²) >= 11 is 0. The number of nitrogens with one attached hydrogen (secondary N) is 1. The minimum absolute atomic E-state index is 0.0167. The molecule has 0 aliphatic rings. The van der Waals surface area contributed by atoms with Crippen LogP contribution in [0.5, 0.6) is 0 Å². The third-order valence-electron chi connectivity index (χ3n) is 1.44. The molecule has 5 nitrogen and oxygen atoms in total. The average Bonchev–Trinajstić information content (AvgIpc) is 2.56. The number of rotatable bonds is 4. The highest BCUT2D eigenvalue weighted by molar-refractivity contribution is 5.77. The van der Waals surface area contributed by atoms with Crippen LogP contribution in [-0.4, -0.2) is 33.9 Å². The molecule has 1 heterocycles. The molecule has 0 saturated heterocycles. The van der Waals surface area contributed by atoms with Gasteiger partial charge in [-0.2, -0.15) is 24.2 Å². The van der Waals surface area contributed by atoms with Crippen LogP contribution in [0.15, 0.2) is 6.20 Å². The Labute approximate surface area is 78.4 Å². The fourth-order valence-corrected chi connectivity index (χ4v) is 0.847. The Morgan fingerprint density at radius 1 is 1.71 bits per heavy atom. The molecule has 7 heteroatoms. The Bertz CT molecular complexity index is 300. The number of halogens is 2. The lowest BCUT2D eigenvalue weighted by atomic mass is 10.2. The minimum Gasteiger partial charge on any atom is -0.462 e. The second-order valence-electron chi connectivity index (χ2n) is 2.56. The van der Waals surface area contributed by atoms with Gasteiger partial charge in [0.2, 0.25) is 0 Å². The summed E-state index contributed by atoms with van der Waals surface area (Å²) in [5.41, 5.74) is 0.0167. The van der Waals surface area contributed by atoms with Crippen molar-refractivity contribution in [1.82, 2.24) is 15.4 Å². The maximum Gasteiger partial charge on any atom is 0.377 e. The molecule has 0 unspecified atom stereocenters. The summed E-state index contributed by atoms with van der Waals surface area (Å²) in [5, 5.41) is 8.95. The van der Waals surface area contributed by atoms with Crippen molar-refractivity contribution in [3.63, 3.8) is 0 Å². The van der Waals surface area contributed by atoms with E-state index in [9.17, 15) is 13.6 Å². The van der Waals surface area contributed by atoms with Gasteiger partial charge < -0.3 is 4.74 Å². The van der Waals surface area contributed by atoms with Crippen molar-refractivity contribution in [2.24, 2.45) is 0 Å². The smallest absolute Gasteiger partial charge is 0.377 e. The largest absolute Gasteiger partial charge is 0.462 e. The molecule has 1 aromatic heterocycles. The van der Waals surface area contributed by atoms with Crippen LogP contribution in [0.1, 0.15) is 12.6 Å². The van der Waals surface area contributed by atoms with Crippen LogP contribution in [0.3, 0.4) is 0 Å². The predicted octanol–water partition coefficient (Wildman–Crippen LogP) is 0.546. The third-order valence-corrected chi connectivity index (χ3v) is 1.44. The van der Waals surface area contributed by atoms with E-state index in [1.54, 1.807) is 0 Å². The quantitative estimate of drug-likeness (QED) is 0.728. The number of carbonyl (C=O) groups is 1. The normalized spacial score (nSPS) is 11.4. The predicted molar refractivity (Wildman–Crippen MR) is 41.7 cm³/mol. The first-order valence-electron chi connectivity index (χ1n) is 3.96. The van der Waals surface area contributed by atoms with E-state index in [0.29, 0.717) is 0 Å². The number of H-pyrrole nitrogens is 1. The minimum atomic E-state index is -3.55. The molecule has 0 spiro atoms. The van der Waals surface area contributed by atoms with Gasteiger partial charge >= 0.3 is 11.9 Å². The number of carbonyl (C=O) groups excluding carboxylic acids is 1. The Hall–Kier alpha value is -1.53. The molecule has 1 rings (SSSR count). The molecule has 0 fully saturated rings. The zero-order chi connectivity index (χ0) is 10.6. The van der Waals surface area contributed by atoms with E-state index in [1.165, 1.54) is 6.92 Å². The number of nitrogens with zero attached hydrogens (tertiary/aromatic N) is 2. The molecule has 0 atom stereocenters. The molecule has 1 aromatic rings. The first-order chi connectivity index (χ1) is 6.56. The van der Waals surface area contributed by atoms with E-state index in [1.807, 2.05) is 0 Å². The number of aromatic nitrogens is 3. The molecule has 0 aromatic carbocycles. The van der Waals surface area contributed by atoms with E-state index in [-0.39, 0.29) is 12.3 Å². The SMILES string of the molecule is CCOC(=O)C(F)(F)Cc1cn[nH]n1. The summed E-state index contributed by atoms with van der Waals surface area (Å²) in [6.07, 6.45) is 0.329. The fraction of sp³-hybridized carbons (Fsp3) is 0.571. The zero-order valence-electron chi connectivity index (χ0n) is 7.46. The monoisotopic (exact) mass is 205 g/mol. The van der Waals surface area contributed by atoms with Crippen molar-refractivity contribution in [2.75, 3.05) is 6.61 Å². The topological polar surface area (TPSA) is 67.9 Å². The first kappa shape index (κ1) is 10.6. The van der Waals surface area contributed by atoms with Gasteiger partial charge in [0.1, 0.15) is 0 Å². The lowest BCUT2D eigenvalue weighted by Gasteiger charge is -2.12. The van der Waals surface area contributed by atoms with E-state index in [0.717, 1.165) is 6.20 Å². The molecule has 78 valence electrons. The van der Waals surface area contributed by atoms with Gasteiger partial charge in [-0.05, 0) is 6.92 Å². The average molecular weight is 205 g/mol. The summed E-state index contributed by atoms with van der Waals surface area (Å²) in [6.45, 7) is 1.39. The van der Waals surface area contributed by atoms with E-state index < -0.39 is 18.3 Å². The molecule has 0 radical (unpaired) electrons. The van der Waals surface area contributed by atoms with E-state index in [2.05, 4.69) is 20.1 Å². The Kier molecular flexibility index (Phi) is 3.10. The highest BCUT2D eigenvalue weighted by atomic mass is 19.3. The third kappa shape index (κ3) is 2.48. The van der Waals surface area contributed by atoms with E-state index >= 15 is 0 Å². The van der Waals surface area contributed by atoms with Crippen molar-refractivity contribution in [2.45, 2.75) is 19.3 Å². The summed E-state index contributed by atoms with van der Waals surface area (Å²) in [6, 6.07) is 0. The van der Waals surface area contributed by atoms with Crippen LogP contribution >= 0.6 is 0 Å². The Balaban J connectivity index is 2.61. The van der Waals surface area contributed by atoms with Crippen molar-refractivity contribution >= 4 is 5.97 Å². The molecular formula is C7H9F2N3O2. The van der Waals surface area contributed by atoms with E-state index in [4.69, 9.17) is 0 Å². The summed E-state index contributed by atoms with van der Waals surface area (Å²) in [4.78, 5) is 10.8. The van der Waals surface area contributed by atoms with Crippen molar-refractivity contribution in [1.29, 1.82) is 0 Å². The molecule has 0 aliphatic heterocycles. The van der Waals surface area contributed by atoms with Gasteiger partial charge in [-0.25, -0.2) is 4.79 Å². The Morgan fingerprint density at radius 3 is 2.93 bits per heavy atom. The second kappa shape index (κ2) is 4.12. The number of aromatic amines is 1. The van der Waals surface area contributed by atoms with Gasteiger partial charge in [-0.1, -0.05) is 0 Å². The van der Waals surface area contributed by atoms with Gasteiger partial charge in [0.25, 0.3) is 0 Å². The standard InChI is InChI=1S/C7H9F2N3O2/c1-2-14-6(13)7(8,9)3-5-4-10-12-11-5/h4H,2-3H2,1H3,(H,10,11,12). The van der Waals surface area contributed by atoms with Gasteiger partial charge in [-0.3, -0.25) is 0 Å². The molecule has 0 aliphatic carbocycles. The van der Waals surface area contributed by atoms with Crippen LogP contribution in [0.2, 0.25) is 0 Å². The van der Waals surface area contributed by atoms with Crippen LogP contribution in [-0.2, 0) is 16.0 Å². The van der Waals surface area contributed by atoms with Crippen molar-refractivity contribution < 1.29 is 18.3 Å². The van der Waals surface area contributed by atoms with Gasteiger partial charge in [-0.15, -0.1) is 0 Å². The Morgan fingerprint density at radius 2 is 2.43 bits per heavy atom. The summed E-state index contributed by atoms with van der Waals surface area (Å²) < 4.78 is 30.2. The summed E-state index contributed by atoms with van der Waals surface area (Å²) in [5.74, 6) is -5.09. The maximum atomic E-state index is 13.0. The summed E-state index contributed by atoms with van der Waals surface area (Å²) in [7, 11) is 0.